The van der Waals surface area contributed by atoms with Crippen molar-refractivity contribution in [2.75, 3.05) is 0 Å². The van der Waals surface area contributed by atoms with Gasteiger partial charge in [0.2, 0.25) is 6.29 Å². The molecule has 2 rings (SSSR count). The number of carboxylic acid groups (broad SMARTS) is 1. The van der Waals surface area contributed by atoms with Crippen LogP contribution in [-0.4, -0.2) is 63.1 Å². The van der Waals surface area contributed by atoms with Crippen molar-refractivity contribution in [3.8, 4) is 0 Å². The van der Waals surface area contributed by atoms with E-state index in [0.29, 0.717) is 5.56 Å². The van der Waals surface area contributed by atoms with Crippen LogP contribution >= 0.6 is 0 Å². The molecule has 8 heteroatoms. The summed E-state index contributed by atoms with van der Waals surface area (Å²) in [7, 11) is 0. The first-order valence-corrected chi connectivity index (χ1v) is 7.01. The summed E-state index contributed by atoms with van der Waals surface area (Å²) < 4.78 is 9.87. The zero-order chi connectivity index (χ0) is 17.1. The van der Waals surface area contributed by atoms with Crippen LogP contribution in [0.3, 0.4) is 0 Å². The molecule has 8 nitrogen and oxygen atoms in total. The molecule has 1 heterocycles. The Bertz CT molecular complexity index is 560. The minimum atomic E-state index is -1.83. The van der Waals surface area contributed by atoms with Crippen molar-refractivity contribution < 1.29 is 39.5 Å². The Labute approximate surface area is 131 Å². The Kier molecular flexibility index (Phi) is 5.32. The Morgan fingerprint density at radius 3 is 2.26 bits per heavy atom. The van der Waals surface area contributed by atoms with Gasteiger partial charge in [-0.05, 0) is 12.5 Å². The number of esters is 1. The van der Waals surface area contributed by atoms with Gasteiger partial charge in [-0.15, -0.1) is 0 Å². The smallest absolute Gasteiger partial charge is 0.335 e. The predicted octanol–water partition coefficient (Wildman–Crippen LogP) is -0.774. The lowest BCUT2D eigenvalue weighted by molar-refractivity contribution is -0.286. The Morgan fingerprint density at radius 1 is 1.09 bits per heavy atom. The first-order chi connectivity index (χ1) is 10.8. The number of carboxylic acids is 1. The van der Waals surface area contributed by atoms with Crippen molar-refractivity contribution in [3.05, 3.63) is 35.9 Å². The first kappa shape index (κ1) is 17.4. The Morgan fingerprint density at radius 2 is 1.70 bits per heavy atom. The lowest BCUT2D eigenvalue weighted by Gasteiger charge is -2.38. The van der Waals surface area contributed by atoms with E-state index in [1.165, 1.54) is 0 Å². The van der Waals surface area contributed by atoms with Crippen LogP contribution in [0, 0.1) is 0 Å². The summed E-state index contributed by atoms with van der Waals surface area (Å²) in [5.74, 6) is -2.98. The molecule has 1 aromatic carbocycles. The monoisotopic (exact) mass is 326 g/mol. The third-order valence-corrected chi connectivity index (χ3v) is 3.70. The molecule has 126 valence electrons. The molecule has 0 saturated carbocycles. The van der Waals surface area contributed by atoms with Gasteiger partial charge in [-0.1, -0.05) is 30.3 Å². The molecule has 1 aliphatic rings. The van der Waals surface area contributed by atoms with Crippen LogP contribution in [0.25, 0.3) is 0 Å². The molecule has 0 bridgehead atoms. The van der Waals surface area contributed by atoms with E-state index in [9.17, 15) is 24.9 Å². The molecule has 0 spiro atoms. The quantitative estimate of drug-likeness (QED) is 0.530. The zero-order valence-corrected chi connectivity index (χ0v) is 12.3. The topological polar surface area (TPSA) is 134 Å². The number of carbonyl (C=O) groups is 2. The summed E-state index contributed by atoms with van der Waals surface area (Å²) in [6, 6.07) is 8.69. The highest BCUT2D eigenvalue weighted by molar-refractivity contribution is 5.78. The molecule has 23 heavy (non-hydrogen) atoms. The van der Waals surface area contributed by atoms with Crippen molar-refractivity contribution >= 4 is 11.9 Å². The molecule has 0 aliphatic carbocycles. The second-order valence-electron chi connectivity index (χ2n) is 5.30. The van der Waals surface area contributed by atoms with Crippen molar-refractivity contribution in [2.24, 2.45) is 0 Å². The summed E-state index contributed by atoms with van der Waals surface area (Å²) in [6.45, 7) is 1.58. The van der Waals surface area contributed by atoms with Gasteiger partial charge in [0.1, 0.15) is 18.3 Å². The van der Waals surface area contributed by atoms with Crippen molar-refractivity contribution in [2.45, 2.75) is 43.5 Å². The normalized spacial score (nSPS) is 32.1. The highest BCUT2D eigenvalue weighted by atomic mass is 16.7. The minimum Gasteiger partial charge on any atom is -0.479 e. The van der Waals surface area contributed by atoms with Gasteiger partial charge < -0.3 is 29.9 Å². The van der Waals surface area contributed by atoms with Crippen LogP contribution in [0.1, 0.15) is 18.4 Å². The summed E-state index contributed by atoms with van der Waals surface area (Å²) in [5, 5.41) is 38.0. The number of aliphatic hydroxyl groups excluding tert-OH is 3. The molecule has 4 N–H and O–H groups in total. The molecule has 0 amide bonds. The fourth-order valence-electron chi connectivity index (χ4n) is 2.24. The summed E-state index contributed by atoms with van der Waals surface area (Å²) in [4.78, 5) is 23.1. The first-order valence-electron chi connectivity index (χ1n) is 7.01. The minimum absolute atomic E-state index is 0.665. The van der Waals surface area contributed by atoms with Crippen LogP contribution in [0.5, 0.6) is 0 Å². The second-order valence-corrected chi connectivity index (χ2v) is 5.30. The maximum absolute atomic E-state index is 12.1. The summed E-state index contributed by atoms with van der Waals surface area (Å²) >= 11 is 0. The van der Waals surface area contributed by atoms with Gasteiger partial charge >= 0.3 is 11.9 Å². The van der Waals surface area contributed by atoms with Crippen LogP contribution in [0.15, 0.2) is 30.3 Å². The fraction of sp³-hybridized carbons (Fsp3) is 0.467. The van der Waals surface area contributed by atoms with Crippen molar-refractivity contribution in [1.29, 1.82) is 0 Å². The van der Waals surface area contributed by atoms with Crippen LogP contribution in [-0.2, 0) is 19.1 Å². The summed E-state index contributed by atoms with van der Waals surface area (Å²) in [6.07, 6.45) is -8.89. The van der Waals surface area contributed by atoms with Crippen molar-refractivity contribution in [3.63, 3.8) is 0 Å². The van der Waals surface area contributed by atoms with E-state index in [-0.39, 0.29) is 0 Å². The predicted molar refractivity (Wildman–Crippen MR) is 75.3 cm³/mol. The molecule has 1 saturated heterocycles. The lowest BCUT2D eigenvalue weighted by atomic mass is 9.98. The van der Waals surface area contributed by atoms with E-state index >= 15 is 0 Å². The molecular formula is C15H18O8. The SMILES string of the molecule is C[C@H](C(=O)O[C@@H]1O[C@H](C(=O)O)[C@@H](O)[C@H](O)[C@H]1O)c1ccccc1. The van der Waals surface area contributed by atoms with Gasteiger partial charge in [0.05, 0.1) is 5.92 Å². The van der Waals surface area contributed by atoms with Crippen molar-refractivity contribution in [1.82, 2.24) is 0 Å². The number of ether oxygens (including phenoxy) is 2. The Hall–Kier alpha value is -2.00. The molecule has 0 aromatic heterocycles. The van der Waals surface area contributed by atoms with Gasteiger partial charge in [-0.2, -0.15) is 0 Å². The van der Waals surface area contributed by atoms with Crippen LogP contribution in [0.4, 0.5) is 0 Å². The number of hydrogen-bond acceptors (Lipinski definition) is 7. The van der Waals surface area contributed by atoms with E-state index < -0.39 is 48.6 Å². The largest absolute Gasteiger partial charge is 0.479 e. The molecular weight excluding hydrogens is 308 g/mol. The van der Waals surface area contributed by atoms with Gasteiger partial charge in [-0.3, -0.25) is 4.79 Å². The van der Waals surface area contributed by atoms with Gasteiger partial charge in [0.15, 0.2) is 6.10 Å². The highest BCUT2D eigenvalue weighted by Crippen LogP contribution is 2.25. The molecule has 6 atom stereocenters. The van der Waals surface area contributed by atoms with Gasteiger partial charge in [-0.25, -0.2) is 4.79 Å². The Balaban J connectivity index is 2.08. The molecule has 1 aliphatic heterocycles. The fourth-order valence-corrected chi connectivity index (χ4v) is 2.24. The molecule has 1 fully saturated rings. The van der Waals surface area contributed by atoms with Crippen LogP contribution in [0.2, 0.25) is 0 Å². The average molecular weight is 326 g/mol. The van der Waals surface area contributed by atoms with Gasteiger partial charge in [0, 0.05) is 0 Å². The standard InChI is InChI=1S/C15H18O8/c1-7(8-5-3-2-4-6-8)14(21)23-15-11(18)9(16)10(17)12(22-15)13(19)20/h2-7,9-12,15-18H,1H3,(H,19,20)/t7-,9-,10-,11+,12-,15-/m0/s1. The number of carbonyl (C=O) groups excluding carboxylic acids is 1. The molecule has 0 unspecified atom stereocenters. The number of benzene rings is 1. The number of aliphatic hydroxyl groups is 3. The van der Waals surface area contributed by atoms with Crippen LogP contribution < -0.4 is 0 Å². The van der Waals surface area contributed by atoms with E-state index in [2.05, 4.69) is 0 Å². The maximum atomic E-state index is 12.1. The number of rotatable bonds is 4. The van der Waals surface area contributed by atoms with E-state index in [1.54, 1.807) is 37.3 Å². The third kappa shape index (κ3) is 3.67. The number of aliphatic carboxylic acids is 1. The zero-order valence-electron chi connectivity index (χ0n) is 12.3. The van der Waals surface area contributed by atoms with E-state index in [4.69, 9.17) is 14.6 Å². The lowest BCUT2D eigenvalue weighted by Crippen LogP contribution is -2.60. The van der Waals surface area contributed by atoms with Gasteiger partial charge in [0.25, 0.3) is 0 Å². The third-order valence-electron chi connectivity index (χ3n) is 3.70. The highest BCUT2D eigenvalue weighted by Gasteiger charge is 2.48. The summed E-state index contributed by atoms with van der Waals surface area (Å²) in [5.41, 5.74) is 0.665. The number of hydrogen-bond donors (Lipinski definition) is 4. The van der Waals surface area contributed by atoms with E-state index in [1.807, 2.05) is 0 Å². The maximum Gasteiger partial charge on any atom is 0.335 e. The average Bonchev–Trinajstić information content (AvgIpc) is 2.55. The molecule has 0 radical (unpaired) electrons. The second kappa shape index (κ2) is 7.05. The van der Waals surface area contributed by atoms with E-state index in [0.717, 1.165) is 0 Å². The molecule has 1 aromatic rings.